The van der Waals surface area contributed by atoms with E-state index < -0.39 is 0 Å². The van der Waals surface area contributed by atoms with E-state index in [9.17, 15) is 9.59 Å². The van der Waals surface area contributed by atoms with Crippen molar-refractivity contribution >= 4 is 11.9 Å². The molecule has 0 saturated carbocycles. The highest BCUT2D eigenvalue weighted by atomic mass is 16.5. The molecule has 0 aliphatic carbocycles. The maximum atomic E-state index is 11.9. The molecule has 0 saturated heterocycles. The zero-order chi connectivity index (χ0) is 15.2. The zero-order valence-electron chi connectivity index (χ0n) is 12.6. The van der Waals surface area contributed by atoms with Gasteiger partial charge in [-0.3, -0.25) is 9.59 Å². The SMILES string of the molecule is C=CCN(CC=C)C(=O)CCCCCCCC(=O)OC. The highest BCUT2D eigenvalue weighted by Gasteiger charge is 2.09. The smallest absolute Gasteiger partial charge is 0.305 e. The Bertz CT molecular complexity index is 303. The van der Waals surface area contributed by atoms with Crippen LogP contribution in [0.25, 0.3) is 0 Å². The molecule has 0 aliphatic rings. The molecule has 0 spiro atoms. The van der Waals surface area contributed by atoms with E-state index in [1.54, 1.807) is 17.1 Å². The molecule has 0 aromatic rings. The summed E-state index contributed by atoms with van der Waals surface area (Å²) in [6, 6.07) is 0. The van der Waals surface area contributed by atoms with Gasteiger partial charge in [0.2, 0.25) is 5.91 Å². The molecule has 0 bridgehead atoms. The summed E-state index contributed by atoms with van der Waals surface area (Å²) in [7, 11) is 1.41. The van der Waals surface area contributed by atoms with Crippen molar-refractivity contribution in [2.24, 2.45) is 0 Å². The molecule has 1 amide bonds. The summed E-state index contributed by atoms with van der Waals surface area (Å²) < 4.78 is 4.58. The third kappa shape index (κ3) is 9.36. The number of methoxy groups -OCH3 is 1. The molecule has 20 heavy (non-hydrogen) atoms. The minimum atomic E-state index is -0.148. The van der Waals surface area contributed by atoms with Crippen LogP contribution in [0.5, 0.6) is 0 Å². The first-order chi connectivity index (χ1) is 9.65. The number of nitrogens with zero attached hydrogens (tertiary/aromatic N) is 1. The maximum Gasteiger partial charge on any atom is 0.305 e. The Morgan fingerprint density at radius 1 is 0.950 bits per heavy atom. The summed E-state index contributed by atoms with van der Waals surface area (Å²) in [5.41, 5.74) is 0. The number of carbonyl (C=O) groups excluding carboxylic acids is 2. The maximum absolute atomic E-state index is 11.9. The summed E-state index contributed by atoms with van der Waals surface area (Å²) in [5, 5.41) is 0. The molecule has 0 fully saturated rings. The van der Waals surface area contributed by atoms with E-state index in [1.807, 2.05) is 0 Å². The predicted molar refractivity (Wildman–Crippen MR) is 81.3 cm³/mol. The highest BCUT2D eigenvalue weighted by Crippen LogP contribution is 2.09. The van der Waals surface area contributed by atoms with Crippen LogP contribution in [0.1, 0.15) is 44.9 Å². The van der Waals surface area contributed by atoms with Crippen molar-refractivity contribution in [3.05, 3.63) is 25.3 Å². The summed E-state index contributed by atoms with van der Waals surface area (Å²) in [6.45, 7) is 8.45. The topological polar surface area (TPSA) is 46.6 Å². The van der Waals surface area contributed by atoms with Crippen molar-refractivity contribution in [1.29, 1.82) is 0 Å². The monoisotopic (exact) mass is 281 g/mol. The van der Waals surface area contributed by atoms with Gasteiger partial charge in [-0.05, 0) is 12.8 Å². The number of esters is 1. The predicted octanol–water partition coefficient (Wildman–Crippen LogP) is 3.09. The fourth-order valence-electron chi connectivity index (χ4n) is 1.93. The lowest BCUT2D eigenvalue weighted by Crippen LogP contribution is -2.30. The van der Waals surface area contributed by atoms with Gasteiger partial charge in [0.05, 0.1) is 7.11 Å². The number of ether oxygens (including phenoxy) is 1. The minimum absolute atomic E-state index is 0.148. The Labute approximate surface area is 122 Å². The molecule has 114 valence electrons. The van der Waals surface area contributed by atoms with Crippen LogP contribution in [0.2, 0.25) is 0 Å². The van der Waals surface area contributed by atoms with Crippen molar-refractivity contribution < 1.29 is 14.3 Å². The lowest BCUT2D eigenvalue weighted by Gasteiger charge is -2.19. The second-order valence-electron chi connectivity index (χ2n) is 4.72. The average molecular weight is 281 g/mol. The van der Waals surface area contributed by atoms with Gasteiger partial charge in [-0.25, -0.2) is 0 Å². The molecular formula is C16H27NO3. The van der Waals surface area contributed by atoms with Crippen molar-refractivity contribution in [2.45, 2.75) is 44.9 Å². The van der Waals surface area contributed by atoms with Crippen LogP contribution in [-0.2, 0) is 14.3 Å². The molecule has 0 atom stereocenters. The van der Waals surface area contributed by atoms with Crippen LogP contribution in [-0.4, -0.2) is 37.0 Å². The zero-order valence-corrected chi connectivity index (χ0v) is 12.6. The molecule has 0 N–H and O–H groups in total. The summed E-state index contributed by atoms with van der Waals surface area (Å²) in [4.78, 5) is 24.6. The number of hydrogen-bond donors (Lipinski definition) is 0. The van der Waals surface area contributed by atoms with Crippen LogP contribution >= 0.6 is 0 Å². The Morgan fingerprint density at radius 3 is 1.95 bits per heavy atom. The number of rotatable bonds is 12. The normalized spacial score (nSPS) is 9.85. The lowest BCUT2D eigenvalue weighted by molar-refractivity contribution is -0.140. The molecule has 0 heterocycles. The van der Waals surface area contributed by atoms with Crippen molar-refractivity contribution in [3.63, 3.8) is 0 Å². The number of unbranched alkanes of at least 4 members (excludes halogenated alkanes) is 4. The molecule has 0 rings (SSSR count). The molecular weight excluding hydrogens is 254 g/mol. The van der Waals surface area contributed by atoms with Crippen LogP contribution in [0.3, 0.4) is 0 Å². The lowest BCUT2D eigenvalue weighted by atomic mass is 10.1. The van der Waals surface area contributed by atoms with Gasteiger partial charge in [-0.15, -0.1) is 13.2 Å². The first-order valence-corrected chi connectivity index (χ1v) is 7.22. The highest BCUT2D eigenvalue weighted by molar-refractivity contribution is 5.76. The standard InChI is InChI=1S/C16H27NO3/c1-4-13-17(14-5-2)15(18)11-9-7-6-8-10-12-16(19)20-3/h4-5H,1-2,6-14H2,3H3. The number of hydrogen-bond acceptors (Lipinski definition) is 3. The fraction of sp³-hybridized carbons (Fsp3) is 0.625. The Morgan fingerprint density at radius 2 is 1.45 bits per heavy atom. The third-order valence-electron chi connectivity index (χ3n) is 3.05. The molecule has 0 unspecified atom stereocenters. The van der Waals surface area contributed by atoms with Crippen LogP contribution in [0.15, 0.2) is 25.3 Å². The quantitative estimate of drug-likeness (QED) is 0.314. The molecule has 4 heteroatoms. The van der Waals surface area contributed by atoms with E-state index in [4.69, 9.17) is 0 Å². The van der Waals surface area contributed by atoms with Gasteiger partial charge < -0.3 is 9.64 Å². The summed E-state index contributed by atoms with van der Waals surface area (Å²) >= 11 is 0. The average Bonchev–Trinajstić information content (AvgIpc) is 2.45. The van der Waals surface area contributed by atoms with E-state index in [0.717, 1.165) is 32.1 Å². The second-order valence-corrected chi connectivity index (χ2v) is 4.72. The van der Waals surface area contributed by atoms with Crippen molar-refractivity contribution in [1.82, 2.24) is 4.90 Å². The van der Waals surface area contributed by atoms with E-state index in [0.29, 0.717) is 25.9 Å². The Kier molecular flexibility index (Phi) is 11.5. The Balaban J connectivity index is 3.62. The first-order valence-electron chi connectivity index (χ1n) is 7.22. The van der Waals surface area contributed by atoms with Gasteiger partial charge in [-0.2, -0.15) is 0 Å². The summed E-state index contributed by atoms with van der Waals surface area (Å²) in [6.07, 6.45) is 9.34. The van der Waals surface area contributed by atoms with Gasteiger partial charge in [0.25, 0.3) is 0 Å². The van der Waals surface area contributed by atoms with Crippen LogP contribution < -0.4 is 0 Å². The van der Waals surface area contributed by atoms with Gasteiger partial charge in [-0.1, -0.05) is 31.4 Å². The fourth-order valence-corrected chi connectivity index (χ4v) is 1.93. The van der Waals surface area contributed by atoms with Gasteiger partial charge in [0.15, 0.2) is 0 Å². The Hall–Kier alpha value is -1.58. The third-order valence-corrected chi connectivity index (χ3v) is 3.05. The van der Waals surface area contributed by atoms with Crippen LogP contribution in [0.4, 0.5) is 0 Å². The minimum Gasteiger partial charge on any atom is -0.469 e. The number of amides is 1. The molecule has 0 aliphatic heterocycles. The van der Waals surface area contributed by atoms with Crippen LogP contribution in [0, 0.1) is 0 Å². The van der Waals surface area contributed by atoms with E-state index in [2.05, 4.69) is 17.9 Å². The molecule has 0 radical (unpaired) electrons. The molecule has 4 nitrogen and oxygen atoms in total. The van der Waals surface area contributed by atoms with Gasteiger partial charge in [0, 0.05) is 25.9 Å². The summed E-state index contributed by atoms with van der Waals surface area (Å²) in [5.74, 6) is 0.00373. The number of carbonyl (C=O) groups is 2. The molecule has 0 aromatic carbocycles. The van der Waals surface area contributed by atoms with E-state index in [-0.39, 0.29) is 11.9 Å². The van der Waals surface area contributed by atoms with Gasteiger partial charge in [0.1, 0.15) is 0 Å². The second kappa shape index (κ2) is 12.5. The largest absolute Gasteiger partial charge is 0.469 e. The van der Waals surface area contributed by atoms with Crippen molar-refractivity contribution in [2.75, 3.05) is 20.2 Å². The van der Waals surface area contributed by atoms with Gasteiger partial charge >= 0.3 is 5.97 Å². The molecule has 0 aromatic heterocycles. The van der Waals surface area contributed by atoms with E-state index >= 15 is 0 Å². The van der Waals surface area contributed by atoms with Crippen molar-refractivity contribution in [3.8, 4) is 0 Å². The first kappa shape index (κ1) is 18.4. The van der Waals surface area contributed by atoms with E-state index in [1.165, 1.54) is 7.11 Å².